The Hall–Kier alpha value is -1.77. The topological polar surface area (TPSA) is 105 Å². The van der Waals surface area contributed by atoms with E-state index in [0.29, 0.717) is 13.0 Å². The van der Waals surface area contributed by atoms with Crippen molar-refractivity contribution in [1.29, 1.82) is 0 Å². The van der Waals surface area contributed by atoms with Gasteiger partial charge < -0.3 is 20.5 Å². The number of halogens is 1. The van der Waals surface area contributed by atoms with Crippen LogP contribution in [0.4, 0.5) is 10.5 Å². The monoisotopic (exact) mass is 414 g/mol. The molecule has 0 radical (unpaired) electrons. The molecule has 9 heteroatoms. The van der Waals surface area contributed by atoms with Crippen LogP contribution in [0, 0.1) is 0 Å². The molecule has 1 heterocycles. The summed E-state index contributed by atoms with van der Waals surface area (Å²) < 4.78 is 30.3. The highest BCUT2D eigenvalue weighted by atomic mass is 35.5. The molecule has 2 aliphatic rings. The molecule has 0 bridgehead atoms. The highest BCUT2D eigenvalue weighted by Crippen LogP contribution is 2.43. The van der Waals surface area contributed by atoms with Crippen LogP contribution in [-0.2, 0) is 14.6 Å². The summed E-state index contributed by atoms with van der Waals surface area (Å²) in [4.78, 5) is 11.9. The molecule has 148 valence electrons. The molecular formula is C18H23ClN2O5S. The maximum atomic E-state index is 13.1. The zero-order chi connectivity index (χ0) is 19.8. The number of anilines is 1. The van der Waals surface area contributed by atoms with Crippen LogP contribution in [0.25, 0.3) is 0 Å². The normalized spacial score (nSPS) is 25.3. The lowest BCUT2D eigenvalue weighted by Crippen LogP contribution is -2.37. The Labute approximate surface area is 163 Å². The second-order valence-corrected chi connectivity index (χ2v) is 10.0. The van der Waals surface area contributed by atoms with E-state index in [2.05, 4.69) is 16.7 Å². The van der Waals surface area contributed by atoms with Crippen molar-refractivity contribution >= 4 is 33.2 Å². The third kappa shape index (κ3) is 3.66. The fraction of sp³-hybridized carbons (Fsp3) is 0.500. The molecule has 3 rings (SSSR count). The quantitative estimate of drug-likeness (QED) is 0.518. The first-order valence-electron chi connectivity index (χ1n) is 8.74. The first-order valence-corrected chi connectivity index (χ1v) is 10.6. The fourth-order valence-electron chi connectivity index (χ4n) is 3.36. The van der Waals surface area contributed by atoms with Crippen molar-refractivity contribution < 1.29 is 23.1 Å². The number of benzene rings is 1. The molecule has 1 aromatic carbocycles. The Balaban J connectivity index is 1.87. The van der Waals surface area contributed by atoms with Gasteiger partial charge in [-0.05, 0) is 45.2 Å². The lowest BCUT2D eigenvalue weighted by molar-refractivity contribution is 0.191. The average Bonchev–Trinajstić information content (AvgIpc) is 3.20. The molecule has 0 aromatic heterocycles. The predicted octanol–water partition coefficient (Wildman–Crippen LogP) is 3.23. The van der Waals surface area contributed by atoms with Crippen LogP contribution in [0.2, 0.25) is 5.02 Å². The number of phenolic OH excluding ortho intramolecular Hbond substituents is 1. The molecule has 1 aromatic rings. The number of sulfone groups is 1. The predicted molar refractivity (Wildman–Crippen MR) is 103 cm³/mol. The Morgan fingerprint density at radius 1 is 1.41 bits per heavy atom. The highest BCUT2D eigenvalue weighted by Gasteiger charge is 2.46. The summed E-state index contributed by atoms with van der Waals surface area (Å²) in [6.45, 7) is 3.85. The Morgan fingerprint density at radius 2 is 2.15 bits per heavy atom. The summed E-state index contributed by atoms with van der Waals surface area (Å²) in [6.07, 6.45) is 4.06. The molecule has 3 N–H and O–H groups in total. The van der Waals surface area contributed by atoms with Crippen LogP contribution in [0.1, 0.15) is 33.1 Å². The molecule has 2 amide bonds. The molecule has 1 aliphatic carbocycles. The van der Waals surface area contributed by atoms with E-state index in [-0.39, 0.29) is 28.3 Å². The SMILES string of the molecule is CC1=CCCC1NC(=O)Nc1ccc(Cl)c(S(=O)(=O)[C@@]2(C)CCOC2)c1O. The second kappa shape index (κ2) is 7.33. The van der Waals surface area contributed by atoms with E-state index >= 15 is 0 Å². The van der Waals surface area contributed by atoms with Crippen molar-refractivity contribution in [2.75, 3.05) is 18.5 Å². The Morgan fingerprint density at radius 3 is 2.74 bits per heavy atom. The van der Waals surface area contributed by atoms with Crippen molar-refractivity contribution in [3.8, 4) is 5.75 Å². The van der Waals surface area contributed by atoms with E-state index in [1.165, 1.54) is 12.1 Å². The van der Waals surface area contributed by atoms with Crippen molar-refractivity contribution in [3.63, 3.8) is 0 Å². The summed E-state index contributed by atoms with van der Waals surface area (Å²) in [5.41, 5.74) is 1.06. The summed E-state index contributed by atoms with van der Waals surface area (Å²) >= 11 is 6.10. The minimum absolute atomic E-state index is 0.0161. The molecule has 1 saturated heterocycles. The smallest absolute Gasteiger partial charge is 0.319 e. The lowest BCUT2D eigenvalue weighted by atomic mass is 10.1. The van der Waals surface area contributed by atoms with E-state index in [9.17, 15) is 18.3 Å². The summed E-state index contributed by atoms with van der Waals surface area (Å²) in [5, 5.41) is 15.8. The van der Waals surface area contributed by atoms with Gasteiger partial charge in [0, 0.05) is 6.61 Å². The van der Waals surface area contributed by atoms with Gasteiger partial charge in [-0.3, -0.25) is 0 Å². The van der Waals surface area contributed by atoms with Crippen molar-refractivity contribution in [2.24, 2.45) is 0 Å². The van der Waals surface area contributed by atoms with Gasteiger partial charge in [0.05, 0.1) is 28.1 Å². The van der Waals surface area contributed by atoms with E-state index in [0.717, 1.165) is 18.4 Å². The fourth-order valence-corrected chi connectivity index (χ4v) is 5.59. The number of rotatable bonds is 4. The average molecular weight is 415 g/mol. The first-order chi connectivity index (χ1) is 12.7. The summed E-state index contributed by atoms with van der Waals surface area (Å²) in [5.74, 6) is -0.565. The maximum absolute atomic E-state index is 13.1. The lowest BCUT2D eigenvalue weighted by Gasteiger charge is -2.24. The third-order valence-corrected chi connectivity index (χ3v) is 8.21. The number of urea groups is 1. The second-order valence-electron chi connectivity index (χ2n) is 7.21. The molecule has 27 heavy (non-hydrogen) atoms. The number of hydrogen-bond donors (Lipinski definition) is 3. The number of phenols is 1. The van der Waals surface area contributed by atoms with Gasteiger partial charge in [0.1, 0.15) is 4.90 Å². The van der Waals surface area contributed by atoms with Crippen LogP contribution in [0.3, 0.4) is 0 Å². The van der Waals surface area contributed by atoms with Crippen molar-refractivity contribution in [1.82, 2.24) is 5.32 Å². The number of nitrogens with one attached hydrogen (secondary N) is 2. The maximum Gasteiger partial charge on any atom is 0.319 e. The molecule has 0 saturated carbocycles. The zero-order valence-electron chi connectivity index (χ0n) is 15.2. The van der Waals surface area contributed by atoms with Crippen LogP contribution < -0.4 is 10.6 Å². The van der Waals surface area contributed by atoms with Crippen molar-refractivity contribution in [3.05, 3.63) is 28.8 Å². The van der Waals surface area contributed by atoms with Crippen LogP contribution in [0.5, 0.6) is 5.75 Å². The molecule has 1 aliphatic heterocycles. The Bertz CT molecular complexity index is 891. The molecule has 2 atom stereocenters. The van der Waals surface area contributed by atoms with Gasteiger partial charge in [0.25, 0.3) is 0 Å². The number of aromatic hydroxyl groups is 1. The van der Waals surface area contributed by atoms with Gasteiger partial charge in [0.15, 0.2) is 15.6 Å². The first kappa shape index (κ1) is 20.0. The molecular weight excluding hydrogens is 392 g/mol. The number of allylic oxidation sites excluding steroid dienone is 1. The number of ether oxygens (including phenoxy) is 1. The van der Waals surface area contributed by atoms with Crippen LogP contribution in [-0.4, -0.2) is 43.6 Å². The van der Waals surface area contributed by atoms with Gasteiger partial charge in [0.2, 0.25) is 0 Å². The molecule has 1 unspecified atom stereocenters. The summed E-state index contributed by atoms with van der Waals surface area (Å²) in [6, 6.07) is 2.13. The van der Waals surface area contributed by atoms with Crippen LogP contribution in [0.15, 0.2) is 28.7 Å². The largest absolute Gasteiger partial charge is 0.504 e. The highest BCUT2D eigenvalue weighted by molar-refractivity contribution is 7.93. The minimum Gasteiger partial charge on any atom is -0.504 e. The van der Waals surface area contributed by atoms with Gasteiger partial charge >= 0.3 is 6.03 Å². The van der Waals surface area contributed by atoms with E-state index in [1.807, 2.05) is 6.92 Å². The zero-order valence-corrected chi connectivity index (χ0v) is 16.8. The van der Waals surface area contributed by atoms with Gasteiger partial charge in [-0.25, -0.2) is 13.2 Å². The summed E-state index contributed by atoms with van der Waals surface area (Å²) in [7, 11) is -3.98. The number of carbonyl (C=O) groups excluding carboxylic acids is 1. The minimum atomic E-state index is -3.98. The van der Waals surface area contributed by atoms with Gasteiger partial charge in [-0.2, -0.15) is 0 Å². The number of amides is 2. The number of carbonyl (C=O) groups is 1. The van der Waals surface area contributed by atoms with Gasteiger partial charge in [-0.1, -0.05) is 23.3 Å². The third-order valence-electron chi connectivity index (χ3n) is 5.21. The van der Waals surface area contributed by atoms with E-state index in [1.54, 1.807) is 6.92 Å². The van der Waals surface area contributed by atoms with Gasteiger partial charge in [-0.15, -0.1) is 0 Å². The van der Waals surface area contributed by atoms with Crippen molar-refractivity contribution in [2.45, 2.75) is 48.8 Å². The molecule has 0 spiro atoms. The molecule has 1 fully saturated rings. The Kier molecular flexibility index (Phi) is 5.42. The van der Waals surface area contributed by atoms with E-state index in [4.69, 9.17) is 16.3 Å². The van der Waals surface area contributed by atoms with E-state index < -0.39 is 26.4 Å². The van der Waals surface area contributed by atoms with Crippen LogP contribution >= 0.6 is 11.6 Å². The standard InChI is InChI=1S/C18H23ClN2O5S/c1-11-4-3-5-13(11)20-17(23)21-14-7-6-12(19)16(15(14)22)27(24,25)18(2)8-9-26-10-18/h4,6-7,13,22H,3,5,8-10H2,1-2H3,(H2,20,21,23)/t13?,18-/m0/s1. The number of hydrogen-bond acceptors (Lipinski definition) is 5. The molecule has 7 nitrogen and oxygen atoms in total.